The number of hydrogen-bond acceptors (Lipinski definition) is 2. The molecule has 0 amide bonds. The zero-order valence-corrected chi connectivity index (χ0v) is 9.75. The van der Waals surface area contributed by atoms with E-state index >= 15 is 0 Å². The van der Waals surface area contributed by atoms with Crippen LogP contribution in [0.15, 0.2) is 12.3 Å². The second kappa shape index (κ2) is 8.79. The first-order chi connectivity index (χ1) is 6.70. The summed E-state index contributed by atoms with van der Waals surface area (Å²) in [6.07, 6.45) is 8.68. The normalized spacial score (nSPS) is 16.4. The second-order valence-corrected chi connectivity index (χ2v) is 3.73. The fourth-order valence-corrected chi connectivity index (χ4v) is 1.28. The van der Waals surface area contributed by atoms with Crippen molar-refractivity contribution in [3.8, 4) is 0 Å². The van der Waals surface area contributed by atoms with Gasteiger partial charge in [-0.1, -0.05) is 20.3 Å². The molecule has 0 aromatic rings. The van der Waals surface area contributed by atoms with Gasteiger partial charge in [-0.2, -0.15) is 0 Å². The summed E-state index contributed by atoms with van der Waals surface area (Å²) in [7, 11) is 0. The summed E-state index contributed by atoms with van der Waals surface area (Å²) in [5.41, 5.74) is 0. The van der Waals surface area contributed by atoms with Crippen molar-refractivity contribution in [2.75, 3.05) is 13.1 Å². The largest absolute Gasteiger partial charge is 0.377 e. The number of carbonyl (C=O) groups excluding carboxylic acids is 1. The molecule has 1 heterocycles. The molecular formula is C12H23NO. The third-order valence-electron chi connectivity index (χ3n) is 1.91. The van der Waals surface area contributed by atoms with Crippen molar-refractivity contribution >= 4 is 5.78 Å². The molecule has 0 unspecified atom stereocenters. The highest BCUT2D eigenvalue weighted by Gasteiger charge is 2.04. The van der Waals surface area contributed by atoms with Crippen molar-refractivity contribution in [2.24, 2.45) is 0 Å². The van der Waals surface area contributed by atoms with Gasteiger partial charge in [-0.05, 0) is 32.3 Å². The number of nitrogens with zero attached hydrogens (tertiary/aromatic N) is 1. The Labute approximate surface area is 88.0 Å². The number of rotatable bonds is 2. The van der Waals surface area contributed by atoms with Gasteiger partial charge in [0.2, 0.25) is 0 Å². The molecule has 0 aromatic carbocycles. The number of hydrogen-bond donors (Lipinski definition) is 0. The third kappa shape index (κ3) is 7.84. The molecule has 0 aliphatic carbocycles. The van der Waals surface area contributed by atoms with Crippen molar-refractivity contribution < 1.29 is 4.79 Å². The summed E-state index contributed by atoms with van der Waals surface area (Å²) < 4.78 is 0. The minimum absolute atomic E-state index is 0.135. The molecule has 0 atom stereocenters. The lowest BCUT2D eigenvalue weighted by atomic mass is 10.1. The molecule has 0 aromatic heterocycles. The van der Waals surface area contributed by atoms with E-state index in [0.29, 0.717) is 0 Å². The molecule has 1 aliphatic rings. The first-order valence-electron chi connectivity index (χ1n) is 5.63. The lowest BCUT2D eigenvalue weighted by molar-refractivity contribution is -0.112. The van der Waals surface area contributed by atoms with Crippen LogP contribution in [0.4, 0.5) is 0 Å². The summed E-state index contributed by atoms with van der Waals surface area (Å²) in [4.78, 5) is 12.8. The van der Waals surface area contributed by atoms with Gasteiger partial charge in [-0.25, -0.2) is 0 Å². The molecule has 0 spiro atoms. The van der Waals surface area contributed by atoms with Gasteiger partial charge in [-0.3, -0.25) is 4.79 Å². The maximum atomic E-state index is 10.6. The van der Waals surface area contributed by atoms with Gasteiger partial charge in [0.15, 0.2) is 5.78 Å². The molecule has 14 heavy (non-hydrogen) atoms. The van der Waals surface area contributed by atoms with Crippen LogP contribution in [0.2, 0.25) is 0 Å². The average molecular weight is 197 g/mol. The van der Waals surface area contributed by atoms with E-state index in [-0.39, 0.29) is 5.78 Å². The van der Waals surface area contributed by atoms with Crippen molar-refractivity contribution in [1.29, 1.82) is 0 Å². The SMILES string of the molecule is CC(=O)/C=C/N1CCCCC1.CCC. The molecule has 0 N–H and O–H groups in total. The lowest BCUT2D eigenvalue weighted by Crippen LogP contribution is -2.24. The lowest BCUT2D eigenvalue weighted by Gasteiger charge is -2.24. The standard InChI is InChI=1S/C9H15NO.C3H8/c1-9(11)5-8-10-6-3-2-4-7-10;1-3-2/h5,8H,2-4,6-7H2,1H3;3H2,1-2H3/b8-5+;. The van der Waals surface area contributed by atoms with E-state index in [2.05, 4.69) is 18.7 Å². The molecule has 1 aliphatic heterocycles. The van der Waals surface area contributed by atoms with Crippen LogP contribution in [-0.4, -0.2) is 23.8 Å². The minimum Gasteiger partial charge on any atom is -0.377 e. The Bertz CT molecular complexity index is 169. The quantitative estimate of drug-likeness (QED) is 0.634. The Morgan fingerprint density at radius 2 is 1.71 bits per heavy atom. The maximum absolute atomic E-state index is 10.6. The van der Waals surface area contributed by atoms with Crippen LogP contribution in [0.1, 0.15) is 46.5 Å². The van der Waals surface area contributed by atoms with Gasteiger partial charge in [-0.15, -0.1) is 0 Å². The van der Waals surface area contributed by atoms with Gasteiger partial charge in [0, 0.05) is 19.3 Å². The van der Waals surface area contributed by atoms with Crippen molar-refractivity contribution in [2.45, 2.75) is 46.5 Å². The van der Waals surface area contributed by atoms with Crippen molar-refractivity contribution in [3.63, 3.8) is 0 Å². The zero-order valence-electron chi connectivity index (χ0n) is 9.75. The number of carbonyl (C=O) groups is 1. The summed E-state index contributed by atoms with van der Waals surface area (Å²) >= 11 is 0. The van der Waals surface area contributed by atoms with E-state index in [9.17, 15) is 4.79 Å². The van der Waals surface area contributed by atoms with Crippen molar-refractivity contribution in [1.82, 2.24) is 4.90 Å². The molecule has 2 heteroatoms. The fourth-order valence-electron chi connectivity index (χ4n) is 1.28. The molecule has 2 nitrogen and oxygen atoms in total. The van der Waals surface area contributed by atoms with E-state index in [1.807, 2.05) is 6.20 Å². The smallest absolute Gasteiger partial charge is 0.154 e. The molecule has 1 rings (SSSR count). The minimum atomic E-state index is 0.135. The van der Waals surface area contributed by atoms with E-state index in [0.717, 1.165) is 13.1 Å². The van der Waals surface area contributed by atoms with Gasteiger partial charge in [0.25, 0.3) is 0 Å². The Hall–Kier alpha value is -0.790. The summed E-state index contributed by atoms with van der Waals surface area (Å²) in [5.74, 6) is 0.135. The zero-order chi connectivity index (χ0) is 10.8. The monoisotopic (exact) mass is 197 g/mol. The molecule has 1 saturated heterocycles. The van der Waals surface area contributed by atoms with Gasteiger partial charge < -0.3 is 4.90 Å². The Balaban J connectivity index is 0.000000500. The Morgan fingerprint density at radius 3 is 2.14 bits per heavy atom. The average Bonchev–Trinajstić information content (AvgIpc) is 2.18. The highest BCUT2D eigenvalue weighted by Crippen LogP contribution is 2.08. The molecule has 0 radical (unpaired) electrons. The van der Waals surface area contributed by atoms with Crippen LogP contribution in [0, 0.1) is 0 Å². The van der Waals surface area contributed by atoms with Crippen LogP contribution >= 0.6 is 0 Å². The molecule has 0 saturated carbocycles. The topological polar surface area (TPSA) is 20.3 Å². The fraction of sp³-hybridized carbons (Fsp3) is 0.750. The summed E-state index contributed by atoms with van der Waals surface area (Å²) in [5, 5.41) is 0. The van der Waals surface area contributed by atoms with E-state index in [1.54, 1.807) is 13.0 Å². The van der Waals surface area contributed by atoms with E-state index in [4.69, 9.17) is 0 Å². The summed E-state index contributed by atoms with van der Waals surface area (Å²) in [6.45, 7) is 8.06. The molecule has 1 fully saturated rings. The van der Waals surface area contributed by atoms with Crippen LogP contribution < -0.4 is 0 Å². The predicted molar refractivity (Wildman–Crippen MR) is 61.2 cm³/mol. The third-order valence-corrected chi connectivity index (χ3v) is 1.91. The predicted octanol–water partition coefficient (Wildman–Crippen LogP) is 2.99. The molecular weight excluding hydrogens is 174 g/mol. The Morgan fingerprint density at radius 1 is 1.21 bits per heavy atom. The molecule has 0 bridgehead atoms. The van der Waals surface area contributed by atoms with E-state index in [1.165, 1.54) is 25.7 Å². The van der Waals surface area contributed by atoms with Crippen LogP contribution in [0.5, 0.6) is 0 Å². The van der Waals surface area contributed by atoms with E-state index < -0.39 is 0 Å². The molecule has 82 valence electrons. The Kier molecular flexibility index (Phi) is 8.30. The highest BCUT2D eigenvalue weighted by molar-refractivity contribution is 5.87. The van der Waals surface area contributed by atoms with Gasteiger partial charge in [0.1, 0.15) is 0 Å². The van der Waals surface area contributed by atoms with Gasteiger partial charge >= 0.3 is 0 Å². The highest BCUT2D eigenvalue weighted by atomic mass is 16.1. The first kappa shape index (κ1) is 13.2. The number of likely N-dealkylation sites (tertiary alicyclic amines) is 1. The summed E-state index contributed by atoms with van der Waals surface area (Å²) in [6, 6.07) is 0. The number of piperidine rings is 1. The van der Waals surface area contributed by atoms with Crippen molar-refractivity contribution in [3.05, 3.63) is 12.3 Å². The van der Waals surface area contributed by atoms with Gasteiger partial charge in [0.05, 0.1) is 0 Å². The van der Waals surface area contributed by atoms with Crippen LogP contribution in [-0.2, 0) is 4.79 Å². The van der Waals surface area contributed by atoms with Crippen LogP contribution in [0.3, 0.4) is 0 Å². The number of ketones is 1. The first-order valence-corrected chi connectivity index (χ1v) is 5.63. The maximum Gasteiger partial charge on any atom is 0.154 e. The van der Waals surface area contributed by atoms with Crippen LogP contribution in [0.25, 0.3) is 0 Å². The second-order valence-electron chi connectivity index (χ2n) is 3.73. The number of allylic oxidation sites excluding steroid dienone is 1.